The van der Waals surface area contributed by atoms with Gasteiger partial charge in [0.25, 0.3) is 5.91 Å². The third kappa shape index (κ3) is 3.86. The summed E-state index contributed by atoms with van der Waals surface area (Å²) in [6.07, 6.45) is 2.10. The van der Waals surface area contributed by atoms with Crippen molar-refractivity contribution in [2.45, 2.75) is 30.3 Å². The van der Waals surface area contributed by atoms with Crippen LogP contribution in [-0.2, 0) is 16.6 Å². The third-order valence-electron chi connectivity index (χ3n) is 4.52. The van der Waals surface area contributed by atoms with Crippen molar-refractivity contribution in [3.05, 3.63) is 26.9 Å². The number of amides is 1. The molecule has 1 saturated carbocycles. The van der Waals surface area contributed by atoms with E-state index in [1.54, 1.807) is 17.1 Å². The second-order valence-corrected chi connectivity index (χ2v) is 10.8. The Morgan fingerprint density at radius 2 is 2.11 bits per heavy atom. The van der Waals surface area contributed by atoms with Crippen molar-refractivity contribution in [3.63, 3.8) is 0 Å². The van der Waals surface area contributed by atoms with Gasteiger partial charge in [0.1, 0.15) is 9.77 Å². The highest BCUT2D eigenvalue weighted by Gasteiger charge is 2.31. The predicted molar refractivity (Wildman–Crippen MR) is 107 cm³/mol. The lowest BCUT2D eigenvalue weighted by molar-refractivity contribution is 0.0950. The number of nitrogens with one attached hydrogen (secondary N) is 2. The largest absolute Gasteiger partial charge is 0.344 e. The number of H-pyrrole nitrogens is 1. The second kappa shape index (κ2) is 7.66. The van der Waals surface area contributed by atoms with Gasteiger partial charge in [0.05, 0.1) is 6.54 Å². The maximum absolute atomic E-state index is 12.9. The molecule has 8 nitrogen and oxygen atoms in total. The van der Waals surface area contributed by atoms with Crippen LogP contribution in [0.2, 0.25) is 0 Å². The predicted octanol–water partition coefficient (Wildman–Crippen LogP) is 2.00. The molecule has 4 rings (SSSR count). The van der Waals surface area contributed by atoms with Gasteiger partial charge < -0.3 is 5.32 Å². The zero-order valence-electron chi connectivity index (χ0n) is 14.4. The summed E-state index contributed by atoms with van der Waals surface area (Å²) in [5, 5.41) is 11.4. The van der Waals surface area contributed by atoms with Crippen molar-refractivity contribution in [3.8, 4) is 0 Å². The van der Waals surface area contributed by atoms with Gasteiger partial charge in [-0.2, -0.15) is 21.2 Å². The molecule has 1 aliphatic heterocycles. The molecule has 2 N–H and O–H groups in total. The summed E-state index contributed by atoms with van der Waals surface area (Å²) in [5.41, 5.74) is 0. The molecule has 0 aromatic carbocycles. The Kier molecular flexibility index (Phi) is 5.43. The molecular formula is C15H19N5O3S4. The zero-order valence-corrected chi connectivity index (χ0v) is 17.6. The quantitative estimate of drug-likeness (QED) is 0.660. The number of aromatic nitrogens is 3. The first-order valence-corrected chi connectivity index (χ1v) is 12.5. The number of rotatable bonds is 6. The summed E-state index contributed by atoms with van der Waals surface area (Å²) >= 11 is 8.11. The van der Waals surface area contributed by atoms with Crippen molar-refractivity contribution in [2.75, 3.05) is 24.6 Å². The van der Waals surface area contributed by atoms with Crippen molar-refractivity contribution in [2.24, 2.45) is 0 Å². The van der Waals surface area contributed by atoms with E-state index in [1.807, 2.05) is 4.57 Å². The van der Waals surface area contributed by atoms with E-state index in [0.29, 0.717) is 29.7 Å². The molecule has 2 aliphatic rings. The smallest absolute Gasteiger partial charge is 0.263 e. The summed E-state index contributed by atoms with van der Waals surface area (Å²) < 4.78 is 29.8. The van der Waals surface area contributed by atoms with Gasteiger partial charge in [-0.1, -0.05) is 0 Å². The number of nitrogens with zero attached hydrogens (tertiary/aromatic N) is 3. The first-order chi connectivity index (χ1) is 13.0. The minimum Gasteiger partial charge on any atom is -0.344 e. The number of thioether (sulfide) groups is 1. The molecule has 0 unspecified atom stereocenters. The number of thiophene rings is 1. The minimum atomic E-state index is -3.66. The van der Waals surface area contributed by atoms with Gasteiger partial charge in [0.2, 0.25) is 10.0 Å². The van der Waals surface area contributed by atoms with E-state index in [9.17, 15) is 13.2 Å². The molecule has 0 bridgehead atoms. The highest BCUT2D eigenvalue weighted by Crippen LogP contribution is 2.35. The fourth-order valence-corrected chi connectivity index (χ4v) is 7.20. The Balaban J connectivity index is 1.50. The topological polar surface area (TPSA) is 100 Å². The van der Waals surface area contributed by atoms with E-state index in [2.05, 4.69) is 15.5 Å². The Bertz CT molecular complexity index is 999. The lowest BCUT2D eigenvalue weighted by Gasteiger charge is -2.25. The van der Waals surface area contributed by atoms with Gasteiger partial charge in [-0.25, -0.2) is 8.42 Å². The van der Waals surface area contributed by atoms with Gasteiger partial charge in [-0.05, 0) is 36.5 Å². The highest BCUT2D eigenvalue weighted by molar-refractivity contribution is 7.99. The Morgan fingerprint density at radius 3 is 2.81 bits per heavy atom. The van der Waals surface area contributed by atoms with Gasteiger partial charge in [-0.3, -0.25) is 14.5 Å². The van der Waals surface area contributed by atoms with Crippen molar-refractivity contribution < 1.29 is 13.2 Å². The second-order valence-electron chi connectivity index (χ2n) is 6.36. The summed E-state index contributed by atoms with van der Waals surface area (Å²) in [6, 6.07) is 1.86. The molecule has 12 heteroatoms. The molecule has 0 spiro atoms. The van der Waals surface area contributed by atoms with Gasteiger partial charge in [-0.15, -0.1) is 11.3 Å². The number of carbonyl (C=O) groups excluding carboxylic acids is 1. The standard InChI is InChI=1S/C15H19N5O3S4/c21-14(16-9-12-17-18-15(24)20(12)10-1-2-10)13-11(3-6-26-13)27(22,23)19-4-7-25-8-5-19/h3,6,10H,1-2,4-5,7-9H2,(H,16,21)(H,18,24). The zero-order chi connectivity index (χ0) is 19.0. The fraction of sp³-hybridized carbons (Fsp3) is 0.533. The third-order valence-corrected chi connectivity index (χ3v) is 8.73. The minimum absolute atomic E-state index is 0.0814. The molecule has 1 amide bonds. The first kappa shape index (κ1) is 19.1. The molecular weight excluding hydrogens is 426 g/mol. The monoisotopic (exact) mass is 445 g/mol. The van der Waals surface area contributed by atoms with Crippen molar-refractivity contribution in [1.82, 2.24) is 24.4 Å². The van der Waals surface area contributed by atoms with Crippen LogP contribution < -0.4 is 5.32 Å². The Labute approximate surface area is 170 Å². The summed E-state index contributed by atoms with van der Waals surface area (Å²) in [6.45, 7) is 1.14. The van der Waals surface area contributed by atoms with Crippen molar-refractivity contribution >= 4 is 51.2 Å². The fourth-order valence-electron chi connectivity index (χ4n) is 3.00. The van der Waals surface area contributed by atoms with E-state index in [4.69, 9.17) is 12.2 Å². The van der Waals surface area contributed by atoms with Crippen LogP contribution >= 0.6 is 35.3 Å². The molecule has 1 aliphatic carbocycles. The van der Waals surface area contributed by atoms with E-state index >= 15 is 0 Å². The van der Waals surface area contributed by atoms with Crippen LogP contribution in [0.1, 0.15) is 34.4 Å². The number of carbonyl (C=O) groups is 1. The molecule has 2 fully saturated rings. The summed E-state index contributed by atoms with van der Waals surface area (Å²) in [4.78, 5) is 13.0. The molecule has 27 heavy (non-hydrogen) atoms. The van der Waals surface area contributed by atoms with Crippen LogP contribution in [-0.4, -0.2) is 58.0 Å². The lowest BCUT2D eigenvalue weighted by atomic mass is 10.4. The van der Waals surface area contributed by atoms with E-state index < -0.39 is 15.9 Å². The van der Waals surface area contributed by atoms with E-state index in [1.165, 1.54) is 10.4 Å². The summed E-state index contributed by atoms with van der Waals surface area (Å²) in [5.74, 6) is 1.79. The van der Waals surface area contributed by atoms with Gasteiger partial charge in [0.15, 0.2) is 10.6 Å². The van der Waals surface area contributed by atoms with E-state index in [-0.39, 0.29) is 16.3 Å². The van der Waals surface area contributed by atoms with Gasteiger partial charge >= 0.3 is 0 Å². The molecule has 3 heterocycles. The highest BCUT2D eigenvalue weighted by atomic mass is 32.2. The van der Waals surface area contributed by atoms with Crippen LogP contribution in [0.4, 0.5) is 0 Å². The van der Waals surface area contributed by atoms with Gasteiger partial charge in [0, 0.05) is 30.6 Å². The number of aromatic amines is 1. The molecule has 2 aromatic rings. The molecule has 146 valence electrons. The Morgan fingerprint density at radius 1 is 1.37 bits per heavy atom. The SMILES string of the molecule is O=C(NCc1n[nH]c(=S)n1C1CC1)c1sccc1S(=O)(=O)N1CCSCC1. The number of sulfonamides is 1. The lowest BCUT2D eigenvalue weighted by Crippen LogP contribution is -2.38. The van der Waals surface area contributed by atoms with E-state index in [0.717, 1.165) is 35.7 Å². The maximum Gasteiger partial charge on any atom is 0.263 e. The van der Waals surface area contributed by atoms with Crippen LogP contribution in [0, 0.1) is 4.77 Å². The molecule has 0 atom stereocenters. The van der Waals surface area contributed by atoms with Crippen LogP contribution in [0.25, 0.3) is 0 Å². The summed E-state index contributed by atoms with van der Waals surface area (Å²) in [7, 11) is -3.66. The molecule has 1 saturated heterocycles. The maximum atomic E-state index is 12.9. The number of hydrogen-bond donors (Lipinski definition) is 2. The van der Waals surface area contributed by atoms with Crippen LogP contribution in [0.5, 0.6) is 0 Å². The number of hydrogen-bond acceptors (Lipinski definition) is 7. The Hall–Kier alpha value is -1.21. The molecule has 2 aromatic heterocycles. The van der Waals surface area contributed by atoms with Crippen molar-refractivity contribution in [1.29, 1.82) is 0 Å². The first-order valence-electron chi connectivity index (χ1n) is 8.58. The normalized spacial score (nSPS) is 18.5. The molecule has 0 radical (unpaired) electrons. The average Bonchev–Trinajstić information content (AvgIpc) is 3.24. The van der Waals surface area contributed by atoms with Crippen LogP contribution in [0.3, 0.4) is 0 Å². The average molecular weight is 446 g/mol. The van der Waals surface area contributed by atoms with Crippen LogP contribution in [0.15, 0.2) is 16.3 Å².